The summed E-state index contributed by atoms with van der Waals surface area (Å²) in [7, 11) is 3.45. The zero-order chi connectivity index (χ0) is 12.1. The largest absolute Gasteiger partial charge is 0.496 e. The Bertz CT molecular complexity index is 342. The van der Waals surface area contributed by atoms with E-state index in [1.54, 1.807) is 7.11 Å². The summed E-state index contributed by atoms with van der Waals surface area (Å²) in [6.07, 6.45) is 0. The SMILES string of the molecule is CNC(c1cc(C)ccc1OC)C(N)CO. The van der Waals surface area contributed by atoms with Crippen molar-refractivity contribution in [1.82, 2.24) is 5.32 Å². The molecule has 0 bridgehead atoms. The normalized spacial score (nSPS) is 14.6. The molecule has 0 radical (unpaired) electrons. The number of benzene rings is 1. The zero-order valence-corrected chi connectivity index (χ0v) is 10.0. The monoisotopic (exact) mass is 224 g/mol. The molecule has 0 saturated carbocycles. The van der Waals surface area contributed by atoms with Crippen LogP contribution in [-0.2, 0) is 0 Å². The molecule has 0 aromatic heterocycles. The number of hydrogen-bond acceptors (Lipinski definition) is 4. The second-order valence-electron chi connectivity index (χ2n) is 3.86. The molecule has 0 aliphatic rings. The number of aryl methyl sites for hydroxylation is 1. The first kappa shape index (κ1) is 13.0. The molecule has 2 atom stereocenters. The van der Waals surface area contributed by atoms with E-state index < -0.39 is 0 Å². The summed E-state index contributed by atoms with van der Waals surface area (Å²) < 4.78 is 5.30. The van der Waals surface area contributed by atoms with Crippen LogP contribution in [0.1, 0.15) is 17.2 Å². The highest BCUT2D eigenvalue weighted by atomic mass is 16.5. The van der Waals surface area contributed by atoms with E-state index in [4.69, 9.17) is 15.6 Å². The number of nitrogens with two attached hydrogens (primary N) is 1. The summed E-state index contributed by atoms with van der Waals surface area (Å²) in [5.41, 5.74) is 7.98. The lowest BCUT2D eigenvalue weighted by Gasteiger charge is -2.24. The second kappa shape index (κ2) is 5.84. The summed E-state index contributed by atoms with van der Waals surface area (Å²) in [4.78, 5) is 0. The van der Waals surface area contributed by atoms with Crippen LogP contribution in [0.5, 0.6) is 5.75 Å². The summed E-state index contributed by atoms with van der Waals surface area (Å²) in [5.74, 6) is 0.786. The fourth-order valence-corrected chi connectivity index (χ4v) is 1.80. The van der Waals surface area contributed by atoms with Crippen LogP contribution in [0.25, 0.3) is 0 Å². The van der Waals surface area contributed by atoms with Crippen LogP contribution in [0, 0.1) is 6.92 Å². The number of ether oxygens (including phenoxy) is 1. The van der Waals surface area contributed by atoms with E-state index in [1.165, 1.54) is 0 Å². The van der Waals surface area contributed by atoms with E-state index in [2.05, 4.69) is 5.32 Å². The average molecular weight is 224 g/mol. The van der Waals surface area contributed by atoms with Gasteiger partial charge in [-0.3, -0.25) is 0 Å². The third-order valence-electron chi connectivity index (χ3n) is 2.67. The number of nitrogens with one attached hydrogen (secondary N) is 1. The Labute approximate surface area is 96.4 Å². The molecule has 0 fully saturated rings. The lowest BCUT2D eigenvalue weighted by molar-refractivity contribution is 0.238. The second-order valence-corrected chi connectivity index (χ2v) is 3.86. The van der Waals surface area contributed by atoms with Crippen molar-refractivity contribution in [2.24, 2.45) is 5.73 Å². The lowest BCUT2D eigenvalue weighted by Crippen LogP contribution is -2.39. The van der Waals surface area contributed by atoms with Crippen LogP contribution in [0.15, 0.2) is 18.2 Å². The van der Waals surface area contributed by atoms with Gasteiger partial charge in [-0.1, -0.05) is 17.7 Å². The molecule has 0 heterocycles. The lowest BCUT2D eigenvalue weighted by atomic mass is 9.98. The quantitative estimate of drug-likeness (QED) is 0.684. The summed E-state index contributed by atoms with van der Waals surface area (Å²) in [6.45, 7) is 1.95. The van der Waals surface area contributed by atoms with Gasteiger partial charge in [0, 0.05) is 11.6 Å². The molecular formula is C12H20N2O2. The Kier molecular flexibility index (Phi) is 4.73. The molecule has 0 saturated heterocycles. The Hall–Kier alpha value is -1.10. The average Bonchev–Trinajstić information content (AvgIpc) is 2.30. The van der Waals surface area contributed by atoms with Gasteiger partial charge in [0.05, 0.1) is 19.8 Å². The van der Waals surface area contributed by atoms with Crippen molar-refractivity contribution in [3.05, 3.63) is 29.3 Å². The standard InChI is InChI=1S/C12H20N2O2/c1-8-4-5-11(16-3)9(6-8)12(14-2)10(13)7-15/h4-6,10,12,14-15H,7,13H2,1-3H3. The van der Waals surface area contributed by atoms with Crippen molar-refractivity contribution < 1.29 is 9.84 Å². The maximum Gasteiger partial charge on any atom is 0.123 e. The van der Waals surface area contributed by atoms with Crippen molar-refractivity contribution in [2.45, 2.75) is 19.0 Å². The van der Waals surface area contributed by atoms with Gasteiger partial charge in [0.2, 0.25) is 0 Å². The van der Waals surface area contributed by atoms with Crippen LogP contribution in [-0.4, -0.2) is 31.9 Å². The first-order chi connectivity index (χ1) is 7.63. The van der Waals surface area contributed by atoms with E-state index in [1.807, 2.05) is 32.2 Å². The molecule has 0 spiro atoms. The summed E-state index contributed by atoms with van der Waals surface area (Å²) >= 11 is 0. The van der Waals surface area contributed by atoms with Gasteiger partial charge >= 0.3 is 0 Å². The fourth-order valence-electron chi connectivity index (χ4n) is 1.80. The van der Waals surface area contributed by atoms with E-state index in [-0.39, 0.29) is 18.7 Å². The molecule has 1 rings (SSSR count). The van der Waals surface area contributed by atoms with Gasteiger partial charge in [-0.25, -0.2) is 0 Å². The summed E-state index contributed by atoms with van der Waals surface area (Å²) in [5, 5.41) is 12.2. The zero-order valence-electron chi connectivity index (χ0n) is 10.0. The van der Waals surface area contributed by atoms with Gasteiger partial charge in [-0.2, -0.15) is 0 Å². The number of methoxy groups -OCH3 is 1. The minimum atomic E-state index is -0.347. The molecule has 1 aromatic rings. The molecule has 0 amide bonds. The first-order valence-electron chi connectivity index (χ1n) is 5.32. The Morgan fingerprint density at radius 3 is 2.69 bits per heavy atom. The van der Waals surface area contributed by atoms with Crippen molar-refractivity contribution in [1.29, 1.82) is 0 Å². The third kappa shape index (κ3) is 2.72. The minimum absolute atomic E-state index is 0.0669. The first-order valence-corrected chi connectivity index (χ1v) is 5.32. The highest BCUT2D eigenvalue weighted by molar-refractivity contribution is 5.39. The molecule has 4 nitrogen and oxygen atoms in total. The van der Waals surface area contributed by atoms with Crippen LogP contribution in [0.2, 0.25) is 0 Å². The number of likely N-dealkylation sites (N-methyl/N-ethyl adjacent to an activating group) is 1. The van der Waals surface area contributed by atoms with Gasteiger partial charge in [0.15, 0.2) is 0 Å². The Morgan fingerprint density at radius 1 is 1.50 bits per heavy atom. The molecule has 0 aliphatic carbocycles. The molecule has 1 aromatic carbocycles. The third-order valence-corrected chi connectivity index (χ3v) is 2.67. The van der Waals surface area contributed by atoms with Gasteiger partial charge in [-0.05, 0) is 20.0 Å². The number of hydrogen-bond donors (Lipinski definition) is 3. The van der Waals surface area contributed by atoms with Gasteiger partial charge in [-0.15, -0.1) is 0 Å². The Balaban J connectivity index is 3.11. The molecule has 2 unspecified atom stereocenters. The Morgan fingerprint density at radius 2 is 2.19 bits per heavy atom. The van der Waals surface area contributed by atoms with Crippen molar-refractivity contribution in [2.75, 3.05) is 20.8 Å². The van der Waals surface area contributed by atoms with Gasteiger partial charge in [0.25, 0.3) is 0 Å². The highest BCUT2D eigenvalue weighted by Crippen LogP contribution is 2.27. The summed E-state index contributed by atoms with van der Waals surface area (Å²) in [6, 6.07) is 5.47. The fraction of sp³-hybridized carbons (Fsp3) is 0.500. The smallest absolute Gasteiger partial charge is 0.123 e. The van der Waals surface area contributed by atoms with Gasteiger partial charge < -0.3 is 20.9 Å². The van der Waals surface area contributed by atoms with Crippen LogP contribution < -0.4 is 15.8 Å². The molecular weight excluding hydrogens is 204 g/mol. The van der Waals surface area contributed by atoms with E-state index in [0.29, 0.717) is 0 Å². The molecule has 90 valence electrons. The molecule has 0 aliphatic heterocycles. The molecule has 4 N–H and O–H groups in total. The maximum absolute atomic E-state index is 9.12. The predicted octanol–water partition coefficient (Wildman–Crippen LogP) is 0.584. The van der Waals surface area contributed by atoms with Crippen molar-refractivity contribution in [3.63, 3.8) is 0 Å². The molecule has 4 heteroatoms. The van der Waals surface area contributed by atoms with Crippen LogP contribution in [0.3, 0.4) is 0 Å². The van der Waals surface area contributed by atoms with Crippen LogP contribution in [0.4, 0.5) is 0 Å². The van der Waals surface area contributed by atoms with Crippen LogP contribution >= 0.6 is 0 Å². The maximum atomic E-state index is 9.12. The minimum Gasteiger partial charge on any atom is -0.496 e. The molecule has 16 heavy (non-hydrogen) atoms. The number of rotatable bonds is 5. The number of aliphatic hydroxyl groups excluding tert-OH is 1. The van der Waals surface area contributed by atoms with E-state index in [0.717, 1.165) is 16.9 Å². The topological polar surface area (TPSA) is 67.5 Å². The van der Waals surface area contributed by atoms with E-state index >= 15 is 0 Å². The number of aliphatic hydroxyl groups is 1. The van der Waals surface area contributed by atoms with Gasteiger partial charge in [0.1, 0.15) is 5.75 Å². The van der Waals surface area contributed by atoms with E-state index in [9.17, 15) is 0 Å². The van der Waals surface area contributed by atoms with Crippen molar-refractivity contribution in [3.8, 4) is 5.75 Å². The van der Waals surface area contributed by atoms with Crippen molar-refractivity contribution >= 4 is 0 Å². The highest BCUT2D eigenvalue weighted by Gasteiger charge is 2.20. The predicted molar refractivity (Wildman–Crippen MR) is 64.6 cm³/mol.